The Kier molecular flexibility index (Phi) is 3.78. The van der Waals surface area contributed by atoms with Gasteiger partial charge in [0.05, 0.1) is 5.52 Å². The lowest BCUT2D eigenvalue weighted by molar-refractivity contribution is 1.35. The van der Waals surface area contributed by atoms with Crippen LogP contribution in [0, 0.1) is 5.41 Å². The first-order chi connectivity index (χ1) is 8.66. The molecule has 0 aliphatic carbocycles. The number of pyridine rings is 1. The number of thioether (sulfide) groups is 1. The molecule has 2 rings (SSSR count). The highest BCUT2D eigenvalue weighted by Crippen LogP contribution is 2.21. The van der Waals surface area contributed by atoms with Crippen LogP contribution in [0.1, 0.15) is 5.56 Å². The molecule has 92 valence electrons. The molecule has 0 amide bonds. The maximum atomic E-state index is 7.57. The van der Waals surface area contributed by atoms with Gasteiger partial charge in [-0.25, -0.2) is 0 Å². The Morgan fingerprint density at radius 2 is 2.06 bits per heavy atom. The first kappa shape index (κ1) is 12.4. The van der Waals surface area contributed by atoms with Crippen molar-refractivity contribution in [2.75, 3.05) is 0 Å². The molecule has 0 radical (unpaired) electrons. The summed E-state index contributed by atoms with van der Waals surface area (Å²) in [6.07, 6.45) is 1.76. The Balaban J connectivity index is 2.17. The number of guanidine groups is 1. The van der Waals surface area contributed by atoms with Crippen LogP contribution in [0.5, 0.6) is 0 Å². The van der Waals surface area contributed by atoms with E-state index in [0.29, 0.717) is 5.75 Å². The molecule has 0 saturated carbocycles. The van der Waals surface area contributed by atoms with E-state index in [1.54, 1.807) is 6.20 Å². The fourth-order valence-corrected chi connectivity index (χ4v) is 2.27. The van der Waals surface area contributed by atoms with E-state index in [-0.39, 0.29) is 11.1 Å². The van der Waals surface area contributed by atoms with Crippen molar-refractivity contribution in [3.05, 3.63) is 42.1 Å². The van der Waals surface area contributed by atoms with Gasteiger partial charge in [0.1, 0.15) is 0 Å². The van der Waals surface area contributed by atoms with Gasteiger partial charge in [0.25, 0.3) is 0 Å². The van der Waals surface area contributed by atoms with E-state index in [1.165, 1.54) is 11.8 Å². The van der Waals surface area contributed by atoms with Crippen LogP contribution in [-0.4, -0.2) is 16.1 Å². The normalized spacial score (nSPS) is 10.2. The molecule has 0 unspecified atom stereocenters. The Hall–Kier alpha value is -2.08. The number of hydrogen-bond acceptors (Lipinski definition) is 3. The van der Waals surface area contributed by atoms with Crippen LogP contribution >= 0.6 is 11.8 Å². The average Bonchev–Trinajstić information content (AvgIpc) is 2.35. The van der Waals surface area contributed by atoms with E-state index >= 15 is 0 Å². The van der Waals surface area contributed by atoms with Crippen LogP contribution in [0.3, 0.4) is 0 Å². The molecule has 0 bridgehead atoms. The van der Waals surface area contributed by atoms with Gasteiger partial charge in [0.15, 0.2) is 11.1 Å². The van der Waals surface area contributed by atoms with Crippen molar-refractivity contribution < 1.29 is 0 Å². The van der Waals surface area contributed by atoms with Gasteiger partial charge < -0.3 is 11.5 Å². The molecule has 18 heavy (non-hydrogen) atoms. The summed E-state index contributed by atoms with van der Waals surface area (Å²) in [5, 5.41) is 8.76. The van der Waals surface area contributed by atoms with Crippen LogP contribution in [0.2, 0.25) is 0 Å². The minimum Gasteiger partial charge on any atom is -0.370 e. The molecule has 6 heteroatoms. The van der Waals surface area contributed by atoms with Crippen LogP contribution in [-0.2, 0) is 5.75 Å². The summed E-state index contributed by atoms with van der Waals surface area (Å²) in [6.45, 7) is 0. The van der Waals surface area contributed by atoms with Gasteiger partial charge in [-0.3, -0.25) is 10.4 Å². The van der Waals surface area contributed by atoms with E-state index in [0.717, 1.165) is 16.5 Å². The predicted octanol–water partition coefficient (Wildman–Crippen LogP) is 1.68. The SMILES string of the molecule is N=C(N=C(N)N)SCc1cccc2cccnc12. The fourth-order valence-electron chi connectivity index (χ4n) is 1.58. The first-order valence-electron chi connectivity index (χ1n) is 5.30. The number of benzene rings is 1. The molecule has 0 fully saturated rings. The average molecular weight is 259 g/mol. The third kappa shape index (κ3) is 2.98. The molecule has 1 heterocycles. The molecule has 2 aromatic rings. The zero-order valence-electron chi connectivity index (χ0n) is 9.63. The van der Waals surface area contributed by atoms with Crippen LogP contribution in [0.4, 0.5) is 0 Å². The van der Waals surface area contributed by atoms with Crippen molar-refractivity contribution in [1.82, 2.24) is 4.98 Å². The van der Waals surface area contributed by atoms with Crippen molar-refractivity contribution >= 4 is 33.8 Å². The molecule has 0 aliphatic rings. The lowest BCUT2D eigenvalue weighted by Gasteiger charge is -2.04. The summed E-state index contributed by atoms with van der Waals surface area (Å²) >= 11 is 1.27. The molecular formula is C12H13N5S. The monoisotopic (exact) mass is 259 g/mol. The van der Waals surface area contributed by atoms with Gasteiger partial charge in [0.2, 0.25) is 0 Å². The van der Waals surface area contributed by atoms with Gasteiger partial charge in [-0.15, -0.1) is 0 Å². The molecule has 0 aliphatic heterocycles. The molecular weight excluding hydrogens is 246 g/mol. The fraction of sp³-hybridized carbons (Fsp3) is 0.0833. The second-order valence-corrected chi connectivity index (χ2v) is 4.59. The number of aromatic nitrogens is 1. The minimum atomic E-state index is -0.0939. The lowest BCUT2D eigenvalue weighted by atomic mass is 10.1. The van der Waals surface area contributed by atoms with Crippen molar-refractivity contribution in [2.24, 2.45) is 16.5 Å². The van der Waals surface area contributed by atoms with Gasteiger partial charge in [0, 0.05) is 17.3 Å². The van der Waals surface area contributed by atoms with Crippen LogP contribution in [0.25, 0.3) is 10.9 Å². The van der Waals surface area contributed by atoms with Crippen LogP contribution < -0.4 is 11.5 Å². The minimum absolute atomic E-state index is 0.0939. The summed E-state index contributed by atoms with van der Waals surface area (Å²) in [7, 11) is 0. The molecule has 0 spiro atoms. The van der Waals surface area contributed by atoms with Crippen molar-refractivity contribution in [1.29, 1.82) is 5.41 Å². The smallest absolute Gasteiger partial charge is 0.193 e. The summed E-state index contributed by atoms with van der Waals surface area (Å²) in [6, 6.07) is 9.89. The van der Waals surface area contributed by atoms with E-state index < -0.39 is 0 Å². The Bertz CT molecular complexity index is 599. The second-order valence-electron chi connectivity index (χ2n) is 3.62. The highest BCUT2D eigenvalue weighted by Gasteiger charge is 2.03. The number of rotatable bonds is 2. The molecule has 0 atom stereocenters. The Labute approximate surface area is 109 Å². The van der Waals surface area contributed by atoms with Crippen molar-refractivity contribution in [3.63, 3.8) is 0 Å². The van der Waals surface area contributed by atoms with Gasteiger partial charge in [-0.2, -0.15) is 4.99 Å². The lowest BCUT2D eigenvalue weighted by Crippen LogP contribution is -2.23. The van der Waals surface area contributed by atoms with Gasteiger partial charge in [-0.05, 0) is 11.6 Å². The Morgan fingerprint density at radius 1 is 1.28 bits per heavy atom. The van der Waals surface area contributed by atoms with Gasteiger partial charge in [-0.1, -0.05) is 36.0 Å². The number of amidine groups is 1. The number of fused-ring (bicyclic) bond motifs is 1. The molecule has 5 nitrogen and oxygen atoms in total. The molecule has 1 aromatic carbocycles. The Morgan fingerprint density at radius 3 is 2.83 bits per heavy atom. The largest absolute Gasteiger partial charge is 0.370 e. The summed E-state index contributed by atoms with van der Waals surface area (Å²) in [5.74, 6) is 0.521. The number of aliphatic imine (C=N–C) groups is 1. The zero-order chi connectivity index (χ0) is 13.0. The topological polar surface area (TPSA) is 101 Å². The van der Waals surface area contributed by atoms with Crippen molar-refractivity contribution in [2.45, 2.75) is 5.75 Å². The maximum absolute atomic E-state index is 7.57. The molecule has 0 saturated heterocycles. The van der Waals surface area contributed by atoms with Crippen molar-refractivity contribution in [3.8, 4) is 0 Å². The number of hydrogen-bond donors (Lipinski definition) is 3. The quantitative estimate of drug-likeness (QED) is 0.564. The standard InChI is InChI=1S/C12H13N5S/c13-11(14)17-12(15)18-7-9-4-1-3-8-5-2-6-16-10(8)9/h1-6H,7H2,(H5,13,14,15,17). The highest BCUT2D eigenvalue weighted by atomic mass is 32.2. The number of nitrogens with one attached hydrogen (secondary N) is 1. The maximum Gasteiger partial charge on any atom is 0.193 e. The van der Waals surface area contributed by atoms with E-state index in [4.69, 9.17) is 16.9 Å². The third-order valence-corrected chi connectivity index (χ3v) is 3.13. The molecule has 1 aromatic heterocycles. The summed E-state index contributed by atoms with van der Waals surface area (Å²) < 4.78 is 0. The number of para-hydroxylation sites is 1. The first-order valence-corrected chi connectivity index (χ1v) is 6.29. The van der Waals surface area contributed by atoms with E-state index in [2.05, 4.69) is 9.98 Å². The third-order valence-electron chi connectivity index (χ3n) is 2.31. The predicted molar refractivity (Wildman–Crippen MR) is 76.6 cm³/mol. The summed E-state index contributed by atoms with van der Waals surface area (Å²) in [5.41, 5.74) is 12.4. The summed E-state index contributed by atoms with van der Waals surface area (Å²) in [4.78, 5) is 8.02. The second kappa shape index (κ2) is 5.50. The number of nitrogens with two attached hydrogens (primary N) is 2. The number of nitrogens with zero attached hydrogens (tertiary/aromatic N) is 2. The molecule has 5 N–H and O–H groups in total. The zero-order valence-corrected chi connectivity index (χ0v) is 10.4. The highest BCUT2D eigenvalue weighted by molar-refractivity contribution is 8.13. The van der Waals surface area contributed by atoms with Gasteiger partial charge >= 0.3 is 0 Å². The van der Waals surface area contributed by atoms with E-state index in [9.17, 15) is 0 Å². The van der Waals surface area contributed by atoms with Crippen LogP contribution in [0.15, 0.2) is 41.5 Å². The van der Waals surface area contributed by atoms with E-state index in [1.807, 2.05) is 30.3 Å².